The number of carboxylic acids is 1. The molecule has 0 aliphatic rings. The number of ether oxygens (including phenoxy) is 2. The highest BCUT2D eigenvalue weighted by Crippen LogP contribution is 2.36. The van der Waals surface area contributed by atoms with Crippen molar-refractivity contribution in [2.24, 2.45) is 0 Å². The van der Waals surface area contributed by atoms with Gasteiger partial charge in [-0.25, -0.2) is 4.98 Å². The third kappa shape index (κ3) is 5.27. The quantitative estimate of drug-likeness (QED) is 0.631. The molecule has 142 valence electrons. The average Bonchev–Trinajstić information content (AvgIpc) is 3.18. The molecular weight excluding hydrogens is 366 g/mol. The van der Waals surface area contributed by atoms with Crippen LogP contribution in [0.5, 0.6) is 11.5 Å². The lowest BCUT2D eigenvalue weighted by atomic mass is 10.1. The molecule has 0 saturated heterocycles. The van der Waals surface area contributed by atoms with Gasteiger partial charge in [0.05, 0.1) is 19.5 Å². The van der Waals surface area contributed by atoms with Crippen LogP contribution in [0.25, 0.3) is 22.6 Å². The number of nitrogens with zero attached hydrogens (tertiary/aromatic N) is 1. The lowest BCUT2D eigenvalue weighted by Gasteiger charge is -2.09. The van der Waals surface area contributed by atoms with E-state index >= 15 is 0 Å². The van der Waals surface area contributed by atoms with Gasteiger partial charge in [0.1, 0.15) is 5.69 Å². The third-order valence-electron chi connectivity index (χ3n) is 3.62. The minimum Gasteiger partial charge on any atom is -0.493 e. The standard InChI is InChI=1S/C17H15NO3.C3H6O2S/c1-19-14-9-8-13(10-15(14)20-2)16-17(21-11-18-16)12-6-4-3-5-7-12;1-2(6)3(4)5/h3-11H,1-2H3;2,6H,1H3,(H,4,5). The summed E-state index contributed by atoms with van der Waals surface area (Å²) in [5, 5.41) is 7.38. The Hall–Kier alpha value is -2.93. The lowest BCUT2D eigenvalue weighted by molar-refractivity contribution is -0.136. The maximum absolute atomic E-state index is 9.62. The van der Waals surface area contributed by atoms with E-state index < -0.39 is 11.2 Å². The Kier molecular flexibility index (Phi) is 7.31. The van der Waals surface area contributed by atoms with Crippen LogP contribution in [-0.4, -0.2) is 35.5 Å². The number of carbonyl (C=O) groups is 1. The van der Waals surface area contributed by atoms with Crippen molar-refractivity contribution >= 4 is 18.6 Å². The molecular formula is C20H21NO5S. The fourth-order valence-corrected chi connectivity index (χ4v) is 2.23. The zero-order valence-corrected chi connectivity index (χ0v) is 16.1. The molecule has 7 heteroatoms. The van der Waals surface area contributed by atoms with Gasteiger partial charge in [0.25, 0.3) is 0 Å². The molecule has 3 rings (SSSR count). The van der Waals surface area contributed by atoms with Crippen LogP contribution in [0.4, 0.5) is 0 Å². The van der Waals surface area contributed by atoms with Gasteiger partial charge in [-0.15, -0.1) is 0 Å². The summed E-state index contributed by atoms with van der Waals surface area (Å²) < 4.78 is 16.1. The fourth-order valence-electron chi connectivity index (χ4n) is 2.23. The van der Waals surface area contributed by atoms with Crippen molar-refractivity contribution in [1.29, 1.82) is 0 Å². The Labute approximate surface area is 163 Å². The maximum Gasteiger partial charge on any atom is 0.316 e. The van der Waals surface area contributed by atoms with Crippen LogP contribution in [0.2, 0.25) is 0 Å². The summed E-state index contributed by atoms with van der Waals surface area (Å²) >= 11 is 3.59. The van der Waals surface area contributed by atoms with Crippen LogP contribution in [-0.2, 0) is 4.79 Å². The van der Waals surface area contributed by atoms with E-state index in [0.29, 0.717) is 11.5 Å². The van der Waals surface area contributed by atoms with Crippen LogP contribution in [0.3, 0.4) is 0 Å². The molecule has 6 nitrogen and oxygen atoms in total. The average molecular weight is 387 g/mol. The van der Waals surface area contributed by atoms with E-state index in [1.54, 1.807) is 14.2 Å². The number of oxazole rings is 1. The van der Waals surface area contributed by atoms with E-state index in [2.05, 4.69) is 17.6 Å². The third-order valence-corrected chi connectivity index (χ3v) is 3.84. The number of thiol groups is 1. The largest absolute Gasteiger partial charge is 0.493 e. The first-order valence-corrected chi connectivity index (χ1v) is 8.61. The minimum absolute atomic E-state index is 0.537. The van der Waals surface area contributed by atoms with Gasteiger partial charge in [-0.1, -0.05) is 30.3 Å². The van der Waals surface area contributed by atoms with Gasteiger partial charge >= 0.3 is 5.97 Å². The highest BCUT2D eigenvalue weighted by Gasteiger charge is 2.14. The molecule has 1 aromatic heterocycles. The van der Waals surface area contributed by atoms with Gasteiger partial charge in [0, 0.05) is 11.1 Å². The van der Waals surface area contributed by atoms with Crippen LogP contribution < -0.4 is 9.47 Å². The molecule has 0 saturated carbocycles. The van der Waals surface area contributed by atoms with E-state index in [1.807, 2.05) is 48.5 Å². The zero-order chi connectivity index (χ0) is 19.8. The number of aliphatic carboxylic acids is 1. The van der Waals surface area contributed by atoms with Crippen LogP contribution in [0.15, 0.2) is 59.3 Å². The Morgan fingerprint density at radius 2 is 1.70 bits per heavy atom. The van der Waals surface area contributed by atoms with Crippen molar-refractivity contribution < 1.29 is 23.8 Å². The second-order valence-electron chi connectivity index (χ2n) is 5.48. The fraction of sp³-hybridized carbons (Fsp3) is 0.200. The van der Waals surface area contributed by atoms with E-state index in [9.17, 15) is 4.79 Å². The summed E-state index contributed by atoms with van der Waals surface area (Å²) in [6, 6.07) is 15.6. The summed E-state index contributed by atoms with van der Waals surface area (Å²) in [4.78, 5) is 14.0. The van der Waals surface area contributed by atoms with E-state index in [0.717, 1.165) is 22.6 Å². The predicted octanol–water partition coefficient (Wildman–Crippen LogP) is 4.42. The SMILES string of the molecule is CC(S)C(=O)O.COc1ccc(-c2ncoc2-c2ccccc2)cc1OC. The molecule has 3 aromatic rings. The first-order chi connectivity index (χ1) is 13.0. The van der Waals surface area contributed by atoms with Gasteiger partial charge in [-0.2, -0.15) is 12.6 Å². The van der Waals surface area contributed by atoms with Gasteiger partial charge in [0.15, 0.2) is 23.7 Å². The van der Waals surface area contributed by atoms with Crippen molar-refractivity contribution in [2.45, 2.75) is 12.2 Å². The molecule has 0 aliphatic heterocycles. The second-order valence-corrected chi connectivity index (χ2v) is 6.25. The molecule has 2 aromatic carbocycles. The van der Waals surface area contributed by atoms with Gasteiger partial charge in [-0.05, 0) is 25.1 Å². The van der Waals surface area contributed by atoms with Crippen molar-refractivity contribution in [3.8, 4) is 34.1 Å². The number of rotatable bonds is 5. The van der Waals surface area contributed by atoms with Gasteiger partial charge in [0.2, 0.25) is 0 Å². The molecule has 1 N–H and O–H groups in total. The van der Waals surface area contributed by atoms with Crippen LogP contribution in [0.1, 0.15) is 6.92 Å². The Balaban J connectivity index is 0.000000380. The Morgan fingerprint density at radius 1 is 1.07 bits per heavy atom. The topological polar surface area (TPSA) is 81.8 Å². The molecule has 0 fully saturated rings. The number of hydrogen-bond donors (Lipinski definition) is 2. The highest BCUT2D eigenvalue weighted by molar-refractivity contribution is 7.81. The molecule has 0 radical (unpaired) electrons. The van der Waals surface area contributed by atoms with E-state index in [4.69, 9.17) is 19.0 Å². The molecule has 0 aliphatic carbocycles. The summed E-state index contributed by atoms with van der Waals surface area (Å²) in [6.07, 6.45) is 1.45. The second kappa shape index (κ2) is 9.68. The van der Waals surface area contributed by atoms with Crippen molar-refractivity contribution in [2.75, 3.05) is 14.2 Å². The van der Waals surface area contributed by atoms with E-state index in [-0.39, 0.29) is 0 Å². The molecule has 0 bridgehead atoms. The van der Waals surface area contributed by atoms with Crippen LogP contribution >= 0.6 is 12.6 Å². The van der Waals surface area contributed by atoms with Gasteiger partial charge < -0.3 is 19.0 Å². The zero-order valence-electron chi connectivity index (χ0n) is 15.2. The van der Waals surface area contributed by atoms with Crippen molar-refractivity contribution in [1.82, 2.24) is 4.98 Å². The smallest absolute Gasteiger partial charge is 0.316 e. The molecule has 27 heavy (non-hydrogen) atoms. The number of methoxy groups -OCH3 is 2. The number of benzene rings is 2. The molecule has 1 atom stereocenters. The summed E-state index contributed by atoms with van der Waals surface area (Å²) in [5.74, 6) is 1.21. The first-order valence-electron chi connectivity index (χ1n) is 8.10. The monoisotopic (exact) mass is 387 g/mol. The van der Waals surface area contributed by atoms with Gasteiger partial charge in [-0.3, -0.25) is 4.79 Å². The lowest BCUT2D eigenvalue weighted by Crippen LogP contribution is -2.06. The minimum atomic E-state index is -0.877. The van der Waals surface area contributed by atoms with E-state index in [1.165, 1.54) is 13.3 Å². The van der Waals surface area contributed by atoms with Crippen molar-refractivity contribution in [3.05, 3.63) is 54.9 Å². The Morgan fingerprint density at radius 3 is 2.26 bits per heavy atom. The maximum atomic E-state index is 9.62. The first kappa shape index (κ1) is 20.4. The normalized spacial score (nSPS) is 11.1. The molecule has 1 heterocycles. The number of carboxylic acid groups (broad SMARTS) is 1. The summed E-state index contributed by atoms with van der Waals surface area (Å²) in [7, 11) is 3.23. The summed E-state index contributed by atoms with van der Waals surface area (Å²) in [5.41, 5.74) is 2.68. The van der Waals surface area contributed by atoms with Crippen LogP contribution in [0, 0.1) is 0 Å². The highest BCUT2D eigenvalue weighted by atomic mass is 32.1. The molecule has 0 spiro atoms. The molecule has 0 amide bonds. The predicted molar refractivity (Wildman–Crippen MR) is 107 cm³/mol. The van der Waals surface area contributed by atoms with Crippen molar-refractivity contribution in [3.63, 3.8) is 0 Å². The number of aromatic nitrogens is 1. The molecule has 1 unspecified atom stereocenters. The summed E-state index contributed by atoms with van der Waals surface area (Å²) in [6.45, 7) is 1.51. The number of hydrogen-bond acceptors (Lipinski definition) is 6. The Bertz CT molecular complexity index is 877.